The number of hydrogen-bond donors (Lipinski definition) is 1. The second kappa shape index (κ2) is 4.96. The van der Waals surface area contributed by atoms with E-state index < -0.39 is 0 Å². The highest BCUT2D eigenvalue weighted by Gasteiger charge is 2.34. The molecule has 0 saturated carbocycles. The second-order valence-corrected chi connectivity index (χ2v) is 5.49. The average Bonchev–Trinajstić information content (AvgIpc) is 3.10. The molecule has 1 N–H and O–H groups in total. The van der Waals surface area contributed by atoms with Crippen LogP contribution >= 0.6 is 0 Å². The maximum absolute atomic E-state index is 12.5. The molecule has 0 aromatic heterocycles. The van der Waals surface area contributed by atoms with Crippen molar-refractivity contribution in [3.05, 3.63) is 34.9 Å². The van der Waals surface area contributed by atoms with E-state index >= 15 is 0 Å². The Morgan fingerprint density at radius 3 is 2.67 bits per heavy atom. The number of nitrogens with zero attached hydrogens (tertiary/aromatic N) is 2. The van der Waals surface area contributed by atoms with Gasteiger partial charge in [-0.2, -0.15) is 0 Å². The largest absolute Gasteiger partial charge is 0.337 e. The van der Waals surface area contributed by atoms with Crippen LogP contribution in [0.2, 0.25) is 0 Å². The van der Waals surface area contributed by atoms with Gasteiger partial charge in [-0.25, -0.2) is 0 Å². The van der Waals surface area contributed by atoms with Gasteiger partial charge in [0.15, 0.2) is 0 Å². The first-order valence-corrected chi connectivity index (χ1v) is 6.95. The molecular weight excluding hydrogens is 270 g/mol. The number of likely N-dealkylation sites (N-methyl/N-ethyl adjacent to an activating group) is 1. The highest BCUT2D eigenvalue weighted by atomic mass is 16.2. The van der Waals surface area contributed by atoms with E-state index in [9.17, 15) is 14.4 Å². The zero-order valence-electron chi connectivity index (χ0n) is 12.0. The lowest BCUT2D eigenvalue weighted by molar-refractivity contribution is 0.0692. The number of fused-ring (bicyclic) bond motifs is 1. The molecule has 6 nitrogen and oxygen atoms in total. The minimum Gasteiger partial charge on any atom is -0.337 e. The van der Waals surface area contributed by atoms with Gasteiger partial charge in [0.25, 0.3) is 17.7 Å². The maximum atomic E-state index is 12.5. The molecule has 0 radical (unpaired) electrons. The number of amides is 3. The molecule has 2 aliphatic heterocycles. The zero-order valence-corrected chi connectivity index (χ0v) is 12.0. The highest BCUT2D eigenvalue weighted by Crippen LogP contribution is 2.23. The van der Waals surface area contributed by atoms with E-state index in [0.717, 1.165) is 24.4 Å². The van der Waals surface area contributed by atoms with Crippen LogP contribution in [0.3, 0.4) is 0 Å². The van der Waals surface area contributed by atoms with E-state index in [4.69, 9.17) is 0 Å². The quantitative estimate of drug-likeness (QED) is 0.797. The van der Waals surface area contributed by atoms with Crippen molar-refractivity contribution in [2.45, 2.75) is 12.5 Å². The number of rotatable bonds is 2. The standard InChI is InChI=1S/C15H17N3O3/c1-17(10-5-6-16-8-10)13(19)9-3-4-11-12(7-9)15(21)18(2)14(11)20/h3-4,7,10,16H,5-6,8H2,1-2H3. The Hall–Kier alpha value is -2.21. The van der Waals surface area contributed by atoms with Crippen molar-refractivity contribution in [2.24, 2.45) is 0 Å². The average molecular weight is 287 g/mol. The molecule has 1 unspecified atom stereocenters. The number of benzene rings is 1. The van der Waals surface area contributed by atoms with Crippen LogP contribution in [-0.4, -0.2) is 60.7 Å². The molecule has 3 amide bonds. The summed E-state index contributed by atoms with van der Waals surface area (Å²) in [6.07, 6.45) is 0.924. The fourth-order valence-corrected chi connectivity index (χ4v) is 2.83. The smallest absolute Gasteiger partial charge is 0.261 e. The molecule has 1 fully saturated rings. The van der Waals surface area contributed by atoms with Crippen LogP contribution in [0.1, 0.15) is 37.5 Å². The van der Waals surface area contributed by atoms with Gasteiger partial charge < -0.3 is 10.2 Å². The minimum atomic E-state index is -0.352. The van der Waals surface area contributed by atoms with Gasteiger partial charge in [-0.1, -0.05) is 0 Å². The van der Waals surface area contributed by atoms with Gasteiger partial charge in [0.2, 0.25) is 0 Å². The first-order valence-electron chi connectivity index (χ1n) is 6.95. The van der Waals surface area contributed by atoms with E-state index in [1.807, 2.05) is 0 Å². The van der Waals surface area contributed by atoms with Crippen LogP contribution in [0.5, 0.6) is 0 Å². The van der Waals surface area contributed by atoms with Gasteiger partial charge in [0.1, 0.15) is 0 Å². The van der Waals surface area contributed by atoms with Gasteiger partial charge in [-0.05, 0) is 31.2 Å². The Morgan fingerprint density at radius 2 is 2.00 bits per heavy atom. The Balaban J connectivity index is 1.89. The molecule has 3 rings (SSSR count). The molecule has 21 heavy (non-hydrogen) atoms. The molecule has 1 saturated heterocycles. The van der Waals surface area contributed by atoms with Gasteiger partial charge >= 0.3 is 0 Å². The summed E-state index contributed by atoms with van der Waals surface area (Å²) in [5, 5.41) is 3.22. The molecule has 0 spiro atoms. The van der Waals surface area contributed by atoms with Crippen LogP contribution < -0.4 is 5.32 Å². The van der Waals surface area contributed by atoms with E-state index in [2.05, 4.69) is 5.32 Å². The van der Waals surface area contributed by atoms with Gasteiger partial charge in [0, 0.05) is 32.2 Å². The summed E-state index contributed by atoms with van der Waals surface area (Å²) in [7, 11) is 3.22. The van der Waals surface area contributed by atoms with Crippen molar-refractivity contribution in [1.82, 2.24) is 15.1 Å². The number of imide groups is 1. The molecule has 6 heteroatoms. The van der Waals surface area contributed by atoms with Gasteiger partial charge in [0.05, 0.1) is 11.1 Å². The lowest BCUT2D eigenvalue weighted by Crippen LogP contribution is -2.38. The lowest BCUT2D eigenvalue weighted by atomic mass is 10.0. The maximum Gasteiger partial charge on any atom is 0.261 e. The number of carbonyl (C=O) groups excluding carboxylic acids is 3. The molecule has 1 aromatic carbocycles. The predicted octanol–water partition coefficient (Wildman–Crippen LogP) is 0.346. The fourth-order valence-electron chi connectivity index (χ4n) is 2.83. The van der Waals surface area contributed by atoms with Crippen molar-refractivity contribution < 1.29 is 14.4 Å². The van der Waals surface area contributed by atoms with Crippen LogP contribution in [0.25, 0.3) is 0 Å². The predicted molar refractivity (Wildman–Crippen MR) is 76.2 cm³/mol. The second-order valence-electron chi connectivity index (χ2n) is 5.49. The normalized spacial score (nSPS) is 20.9. The summed E-state index contributed by atoms with van der Waals surface area (Å²) in [4.78, 5) is 39.1. The molecule has 1 aromatic rings. The highest BCUT2D eigenvalue weighted by molar-refractivity contribution is 6.21. The molecule has 2 heterocycles. The molecule has 0 aliphatic carbocycles. The number of nitrogens with one attached hydrogen (secondary N) is 1. The van der Waals surface area contributed by atoms with Crippen molar-refractivity contribution >= 4 is 17.7 Å². The van der Waals surface area contributed by atoms with Crippen molar-refractivity contribution in [2.75, 3.05) is 27.2 Å². The van der Waals surface area contributed by atoms with E-state index in [-0.39, 0.29) is 23.8 Å². The Bertz CT molecular complexity index is 635. The SMILES string of the molecule is CN1C(=O)c2ccc(C(=O)N(C)C3CCNC3)cc2C1=O. The number of hydrogen-bond acceptors (Lipinski definition) is 4. The van der Waals surface area contributed by atoms with Crippen molar-refractivity contribution in [3.8, 4) is 0 Å². The third-order valence-corrected chi connectivity index (χ3v) is 4.24. The Kier molecular flexibility index (Phi) is 3.25. The Morgan fingerprint density at radius 1 is 1.29 bits per heavy atom. The van der Waals surface area contributed by atoms with Crippen LogP contribution in [0.4, 0.5) is 0 Å². The first kappa shape index (κ1) is 13.8. The lowest BCUT2D eigenvalue weighted by Gasteiger charge is -2.23. The molecule has 1 atom stereocenters. The molecule has 110 valence electrons. The van der Waals surface area contributed by atoms with Crippen molar-refractivity contribution in [1.29, 1.82) is 0 Å². The summed E-state index contributed by atoms with van der Waals surface area (Å²) in [5.74, 6) is -0.793. The van der Waals surface area contributed by atoms with E-state index in [1.54, 1.807) is 24.1 Å². The summed E-state index contributed by atoms with van der Waals surface area (Å²) in [5.41, 5.74) is 1.12. The van der Waals surface area contributed by atoms with E-state index in [0.29, 0.717) is 16.7 Å². The number of carbonyl (C=O) groups is 3. The third-order valence-electron chi connectivity index (χ3n) is 4.24. The molecule has 0 bridgehead atoms. The molecule has 2 aliphatic rings. The third kappa shape index (κ3) is 2.12. The van der Waals surface area contributed by atoms with E-state index in [1.165, 1.54) is 13.1 Å². The van der Waals surface area contributed by atoms with Crippen molar-refractivity contribution in [3.63, 3.8) is 0 Å². The van der Waals surface area contributed by atoms with Crippen LogP contribution in [-0.2, 0) is 0 Å². The summed E-state index contributed by atoms with van der Waals surface area (Å²) in [6, 6.07) is 4.88. The molecular formula is C15H17N3O3. The summed E-state index contributed by atoms with van der Waals surface area (Å²) in [6.45, 7) is 1.69. The summed E-state index contributed by atoms with van der Waals surface area (Å²) < 4.78 is 0. The monoisotopic (exact) mass is 287 g/mol. The zero-order chi connectivity index (χ0) is 15.1. The topological polar surface area (TPSA) is 69.7 Å². The first-order chi connectivity index (χ1) is 10.0. The van der Waals surface area contributed by atoms with Crippen LogP contribution in [0.15, 0.2) is 18.2 Å². The Labute approximate surface area is 122 Å². The minimum absolute atomic E-state index is 0.124. The fraction of sp³-hybridized carbons (Fsp3) is 0.400. The van der Waals surface area contributed by atoms with Gasteiger partial charge in [-0.15, -0.1) is 0 Å². The van der Waals surface area contributed by atoms with Gasteiger partial charge in [-0.3, -0.25) is 19.3 Å². The summed E-state index contributed by atoms with van der Waals surface area (Å²) >= 11 is 0. The van der Waals surface area contributed by atoms with Crippen LogP contribution in [0, 0.1) is 0 Å².